The topological polar surface area (TPSA) is 84.6 Å². The highest BCUT2D eigenvalue weighted by molar-refractivity contribution is 5.92. The van der Waals surface area contributed by atoms with Crippen LogP contribution in [0.15, 0.2) is 47.0 Å². The number of ether oxygens (including phenoxy) is 1. The summed E-state index contributed by atoms with van der Waals surface area (Å²) in [7, 11) is 1.64. The summed E-state index contributed by atoms with van der Waals surface area (Å²) < 4.78 is 10.2. The number of anilines is 1. The van der Waals surface area contributed by atoms with Crippen molar-refractivity contribution in [1.82, 2.24) is 20.3 Å². The third-order valence-corrected chi connectivity index (χ3v) is 4.77. The van der Waals surface area contributed by atoms with Gasteiger partial charge in [-0.25, -0.2) is 0 Å². The molecule has 144 valence electrons. The molecule has 1 fully saturated rings. The molecular formula is C20H21N5O3. The molecule has 2 aromatic heterocycles. The number of methoxy groups -OCH3 is 1. The Kier molecular flexibility index (Phi) is 4.92. The van der Waals surface area contributed by atoms with Crippen molar-refractivity contribution in [3.05, 3.63) is 53.9 Å². The van der Waals surface area contributed by atoms with Gasteiger partial charge in [0.2, 0.25) is 0 Å². The van der Waals surface area contributed by atoms with Crippen molar-refractivity contribution in [2.75, 3.05) is 38.2 Å². The van der Waals surface area contributed by atoms with Crippen LogP contribution in [0.2, 0.25) is 0 Å². The van der Waals surface area contributed by atoms with Gasteiger partial charge in [0, 0.05) is 37.8 Å². The summed E-state index contributed by atoms with van der Waals surface area (Å²) in [5.74, 6) is 2.15. The number of nitrogens with zero attached hydrogens (tertiary/aromatic N) is 5. The van der Waals surface area contributed by atoms with Crippen molar-refractivity contribution in [1.29, 1.82) is 0 Å². The lowest BCUT2D eigenvalue weighted by Crippen LogP contribution is -2.49. The van der Waals surface area contributed by atoms with Crippen LogP contribution in [0.5, 0.6) is 5.75 Å². The van der Waals surface area contributed by atoms with E-state index < -0.39 is 0 Å². The van der Waals surface area contributed by atoms with Crippen LogP contribution in [0.1, 0.15) is 16.2 Å². The molecule has 0 spiro atoms. The molecule has 1 amide bonds. The second kappa shape index (κ2) is 7.67. The van der Waals surface area contributed by atoms with Crippen LogP contribution < -0.4 is 9.64 Å². The summed E-state index contributed by atoms with van der Waals surface area (Å²) >= 11 is 0. The van der Waals surface area contributed by atoms with E-state index in [2.05, 4.69) is 20.3 Å². The van der Waals surface area contributed by atoms with E-state index in [0.29, 0.717) is 37.6 Å². The molecule has 0 radical (unpaired) electrons. The van der Waals surface area contributed by atoms with Gasteiger partial charge in [-0.15, -0.1) is 10.2 Å². The van der Waals surface area contributed by atoms with Crippen LogP contribution in [0.3, 0.4) is 0 Å². The minimum atomic E-state index is -0.0996. The van der Waals surface area contributed by atoms with E-state index >= 15 is 0 Å². The summed E-state index contributed by atoms with van der Waals surface area (Å²) in [5.41, 5.74) is 2.15. The largest absolute Gasteiger partial charge is 0.497 e. The number of aryl methyl sites for hydroxylation is 1. The molecule has 0 atom stereocenters. The van der Waals surface area contributed by atoms with Crippen LogP contribution >= 0.6 is 0 Å². The highest BCUT2D eigenvalue weighted by Gasteiger charge is 2.25. The van der Waals surface area contributed by atoms with Crippen molar-refractivity contribution in [2.45, 2.75) is 6.92 Å². The van der Waals surface area contributed by atoms with Gasteiger partial charge in [-0.3, -0.25) is 4.79 Å². The first-order chi connectivity index (χ1) is 13.6. The van der Waals surface area contributed by atoms with Gasteiger partial charge in [-0.1, -0.05) is 5.16 Å². The van der Waals surface area contributed by atoms with Gasteiger partial charge in [-0.2, -0.15) is 0 Å². The lowest BCUT2D eigenvalue weighted by atomic mass is 10.1. The summed E-state index contributed by atoms with van der Waals surface area (Å²) in [6.45, 7) is 4.37. The van der Waals surface area contributed by atoms with E-state index in [1.807, 2.05) is 36.4 Å². The Morgan fingerprint density at radius 2 is 1.79 bits per heavy atom. The molecule has 1 saturated heterocycles. The number of amides is 1. The number of hydrogen-bond donors (Lipinski definition) is 0. The molecular weight excluding hydrogens is 358 g/mol. The number of rotatable bonds is 4. The van der Waals surface area contributed by atoms with E-state index in [1.54, 1.807) is 25.0 Å². The Balaban J connectivity index is 1.38. The van der Waals surface area contributed by atoms with Crippen molar-refractivity contribution < 1.29 is 14.1 Å². The number of piperazine rings is 1. The molecule has 3 aromatic rings. The lowest BCUT2D eigenvalue weighted by Gasteiger charge is -2.34. The molecule has 1 aliphatic heterocycles. The molecule has 1 aromatic carbocycles. The first-order valence-corrected chi connectivity index (χ1v) is 9.10. The van der Waals surface area contributed by atoms with Crippen LogP contribution in [0.25, 0.3) is 11.3 Å². The number of benzene rings is 1. The Morgan fingerprint density at radius 3 is 2.36 bits per heavy atom. The Morgan fingerprint density at radius 1 is 1.04 bits per heavy atom. The van der Waals surface area contributed by atoms with Crippen LogP contribution in [0.4, 0.5) is 5.82 Å². The second-order valence-electron chi connectivity index (χ2n) is 6.61. The zero-order valence-corrected chi connectivity index (χ0v) is 15.8. The predicted molar refractivity (Wildman–Crippen MR) is 103 cm³/mol. The molecule has 3 heterocycles. The van der Waals surface area contributed by atoms with Gasteiger partial charge >= 0.3 is 0 Å². The maximum Gasteiger partial charge on any atom is 0.276 e. The molecule has 8 heteroatoms. The third kappa shape index (κ3) is 3.66. The number of hydrogen-bond acceptors (Lipinski definition) is 7. The van der Waals surface area contributed by atoms with Gasteiger partial charge in [-0.05, 0) is 43.3 Å². The van der Waals surface area contributed by atoms with E-state index in [4.69, 9.17) is 9.26 Å². The zero-order chi connectivity index (χ0) is 19.5. The average Bonchev–Trinajstić information content (AvgIpc) is 3.20. The van der Waals surface area contributed by atoms with Crippen molar-refractivity contribution in [2.24, 2.45) is 0 Å². The highest BCUT2D eigenvalue weighted by Crippen LogP contribution is 2.22. The summed E-state index contributed by atoms with van der Waals surface area (Å²) in [5, 5.41) is 12.5. The lowest BCUT2D eigenvalue weighted by molar-refractivity contribution is 0.0736. The SMILES string of the molecule is COc1ccc(-c2ccc(N3CCN(C(=O)c4cc(C)on4)CC3)nn2)cc1. The third-order valence-electron chi connectivity index (χ3n) is 4.77. The second-order valence-corrected chi connectivity index (χ2v) is 6.61. The predicted octanol–water partition coefficient (Wildman–Crippen LogP) is 2.41. The molecule has 1 aliphatic rings. The van der Waals surface area contributed by atoms with Gasteiger partial charge in [0.1, 0.15) is 11.5 Å². The molecule has 8 nitrogen and oxygen atoms in total. The van der Waals surface area contributed by atoms with Gasteiger partial charge < -0.3 is 19.1 Å². The fraction of sp³-hybridized carbons (Fsp3) is 0.300. The molecule has 4 rings (SSSR count). The summed E-state index contributed by atoms with van der Waals surface area (Å²) in [6, 6.07) is 13.3. The first kappa shape index (κ1) is 18.0. The van der Waals surface area contributed by atoms with E-state index in [1.165, 1.54) is 0 Å². The molecule has 0 N–H and O–H groups in total. The standard InChI is InChI=1S/C20H21N5O3/c1-14-13-18(23-28-14)20(26)25-11-9-24(10-12-25)19-8-7-17(21-22-19)15-3-5-16(27-2)6-4-15/h3-8,13H,9-12H2,1-2H3. The Bertz CT molecular complexity index is 945. The molecule has 0 aliphatic carbocycles. The Labute approximate surface area is 162 Å². The van der Waals surface area contributed by atoms with Crippen molar-refractivity contribution in [3.8, 4) is 17.0 Å². The zero-order valence-electron chi connectivity index (χ0n) is 15.8. The van der Waals surface area contributed by atoms with E-state index in [-0.39, 0.29) is 5.91 Å². The highest BCUT2D eigenvalue weighted by atomic mass is 16.5. The van der Waals surface area contributed by atoms with Crippen molar-refractivity contribution in [3.63, 3.8) is 0 Å². The quantitative estimate of drug-likeness (QED) is 0.688. The Hall–Kier alpha value is -3.42. The normalized spacial score (nSPS) is 14.2. The smallest absolute Gasteiger partial charge is 0.276 e. The van der Waals surface area contributed by atoms with Crippen molar-refractivity contribution >= 4 is 11.7 Å². The first-order valence-electron chi connectivity index (χ1n) is 9.10. The molecule has 0 saturated carbocycles. The summed E-state index contributed by atoms with van der Waals surface area (Å²) in [6.07, 6.45) is 0. The van der Waals surface area contributed by atoms with Gasteiger partial charge in [0.05, 0.1) is 12.8 Å². The molecule has 28 heavy (non-hydrogen) atoms. The fourth-order valence-corrected chi connectivity index (χ4v) is 3.18. The monoisotopic (exact) mass is 379 g/mol. The minimum Gasteiger partial charge on any atom is -0.497 e. The number of carbonyl (C=O) groups excluding carboxylic acids is 1. The van der Waals surface area contributed by atoms with E-state index in [9.17, 15) is 4.79 Å². The average molecular weight is 379 g/mol. The minimum absolute atomic E-state index is 0.0996. The fourth-order valence-electron chi connectivity index (χ4n) is 3.18. The molecule has 0 unspecified atom stereocenters. The maximum absolute atomic E-state index is 12.5. The van der Waals surface area contributed by atoms with Gasteiger partial charge in [0.25, 0.3) is 5.91 Å². The van der Waals surface area contributed by atoms with Crippen LogP contribution in [-0.4, -0.2) is 59.4 Å². The number of carbonyl (C=O) groups is 1. The van der Waals surface area contributed by atoms with Crippen LogP contribution in [-0.2, 0) is 0 Å². The molecule has 0 bridgehead atoms. The van der Waals surface area contributed by atoms with E-state index in [0.717, 1.165) is 22.8 Å². The number of aromatic nitrogens is 3. The van der Waals surface area contributed by atoms with Gasteiger partial charge in [0.15, 0.2) is 11.5 Å². The maximum atomic E-state index is 12.5. The van der Waals surface area contributed by atoms with Crippen LogP contribution in [0, 0.1) is 6.92 Å². The summed E-state index contributed by atoms with van der Waals surface area (Å²) in [4.78, 5) is 16.4.